The number of ether oxygens (including phenoxy) is 1. The highest BCUT2D eigenvalue weighted by atomic mass is 35.5. The molecular formula is C27H30ClN3O5S. The van der Waals surface area contributed by atoms with E-state index >= 15 is 0 Å². The fraction of sp³-hybridized carbons (Fsp3) is 0.259. The van der Waals surface area contributed by atoms with E-state index in [9.17, 15) is 18.0 Å². The third-order valence-electron chi connectivity index (χ3n) is 5.93. The molecule has 10 heteroatoms. The molecule has 3 aromatic carbocycles. The van der Waals surface area contributed by atoms with E-state index < -0.39 is 28.5 Å². The molecule has 1 N–H and O–H groups in total. The summed E-state index contributed by atoms with van der Waals surface area (Å²) in [5.41, 5.74) is 2.01. The highest BCUT2D eigenvalue weighted by Gasteiger charge is 2.32. The average molecular weight is 544 g/mol. The highest BCUT2D eigenvalue weighted by molar-refractivity contribution is 7.92. The van der Waals surface area contributed by atoms with Crippen molar-refractivity contribution in [3.8, 4) is 5.75 Å². The molecule has 0 fully saturated rings. The molecule has 3 rings (SSSR count). The van der Waals surface area contributed by atoms with Crippen LogP contribution in [0.3, 0.4) is 0 Å². The number of likely N-dealkylation sites (N-methyl/N-ethyl adjacent to an activating group) is 1. The topological polar surface area (TPSA) is 96.0 Å². The van der Waals surface area contributed by atoms with Gasteiger partial charge in [-0.05, 0) is 67.9 Å². The zero-order valence-electron chi connectivity index (χ0n) is 21.1. The van der Waals surface area contributed by atoms with Gasteiger partial charge in [-0.15, -0.1) is 0 Å². The van der Waals surface area contributed by atoms with E-state index in [-0.39, 0.29) is 17.3 Å². The molecule has 0 aliphatic rings. The van der Waals surface area contributed by atoms with E-state index in [1.54, 1.807) is 67.6 Å². The molecule has 0 aliphatic heterocycles. The lowest BCUT2D eigenvalue weighted by Crippen LogP contribution is -2.50. The first-order valence-electron chi connectivity index (χ1n) is 11.6. The molecule has 0 radical (unpaired) electrons. The number of hydrogen-bond acceptors (Lipinski definition) is 5. The molecule has 3 aromatic rings. The second kappa shape index (κ2) is 12.1. The van der Waals surface area contributed by atoms with Crippen LogP contribution in [0.2, 0.25) is 5.02 Å². The zero-order valence-corrected chi connectivity index (χ0v) is 22.7. The Morgan fingerprint density at radius 3 is 2.11 bits per heavy atom. The second-order valence-electron chi connectivity index (χ2n) is 8.46. The lowest BCUT2D eigenvalue weighted by Gasteiger charge is -2.31. The number of benzene rings is 3. The molecule has 0 aromatic heterocycles. The molecule has 2 amide bonds. The number of rotatable bonds is 10. The molecule has 0 unspecified atom stereocenters. The van der Waals surface area contributed by atoms with Crippen LogP contribution in [-0.4, -0.2) is 51.9 Å². The number of amides is 2. The summed E-state index contributed by atoms with van der Waals surface area (Å²) in [6.45, 7) is 3.07. The maximum Gasteiger partial charge on any atom is 0.264 e. The van der Waals surface area contributed by atoms with E-state index in [4.69, 9.17) is 16.3 Å². The van der Waals surface area contributed by atoms with Crippen molar-refractivity contribution in [2.45, 2.75) is 31.3 Å². The molecular weight excluding hydrogens is 514 g/mol. The first-order chi connectivity index (χ1) is 17.6. The standard InChI is InChI=1S/C27H30ClN3O5S/c1-19-5-11-23(12-6-19)31(37(34,35)25-15-13-24(36-4)14-16-25)18-26(32)30(20(2)27(33)29-3)17-21-7-9-22(28)10-8-21/h5-16,20H,17-18H2,1-4H3,(H,29,33)/t20-/m1/s1. The lowest BCUT2D eigenvalue weighted by molar-refractivity contribution is -0.139. The fourth-order valence-electron chi connectivity index (χ4n) is 3.69. The van der Waals surface area contributed by atoms with Gasteiger partial charge < -0.3 is 15.0 Å². The van der Waals surface area contributed by atoms with Crippen molar-refractivity contribution >= 4 is 39.1 Å². The van der Waals surface area contributed by atoms with Crippen LogP contribution >= 0.6 is 11.6 Å². The summed E-state index contributed by atoms with van der Waals surface area (Å²) in [6.07, 6.45) is 0. The van der Waals surface area contributed by atoms with Gasteiger partial charge in [-0.3, -0.25) is 13.9 Å². The Bertz CT molecular complexity index is 1330. The number of aryl methyl sites for hydroxylation is 1. The van der Waals surface area contributed by atoms with Crippen molar-refractivity contribution in [1.82, 2.24) is 10.2 Å². The van der Waals surface area contributed by atoms with Crippen molar-refractivity contribution in [3.63, 3.8) is 0 Å². The molecule has 0 saturated carbocycles. The second-order valence-corrected chi connectivity index (χ2v) is 10.8. The van der Waals surface area contributed by atoms with Crippen LogP contribution in [0.15, 0.2) is 77.7 Å². The number of halogens is 1. The Hall–Kier alpha value is -3.56. The van der Waals surface area contributed by atoms with Crippen LogP contribution < -0.4 is 14.4 Å². The van der Waals surface area contributed by atoms with Gasteiger partial charge >= 0.3 is 0 Å². The number of methoxy groups -OCH3 is 1. The molecule has 0 aliphatic carbocycles. The van der Waals surface area contributed by atoms with Crippen LogP contribution in [0.4, 0.5) is 5.69 Å². The summed E-state index contributed by atoms with van der Waals surface area (Å²) in [6, 6.07) is 18.8. The third-order valence-corrected chi connectivity index (χ3v) is 7.97. The molecule has 196 valence electrons. The van der Waals surface area contributed by atoms with Gasteiger partial charge in [-0.2, -0.15) is 0 Å². The van der Waals surface area contributed by atoms with Crippen LogP contribution in [0.1, 0.15) is 18.1 Å². The van der Waals surface area contributed by atoms with E-state index in [2.05, 4.69) is 5.32 Å². The van der Waals surface area contributed by atoms with Gasteiger partial charge in [0, 0.05) is 18.6 Å². The van der Waals surface area contributed by atoms with Gasteiger partial charge in [0.25, 0.3) is 10.0 Å². The van der Waals surface area contributed by atoms with E-state index in [1.807, 2.05) is 6.92 Å². The van der Waals surface area contributed by atoms with Crippen LogP contribution in [0, 0.1) is 6.92 Å². The van der Waals surface area contributed by atoms with E-state index in [0.717, 1.165) is 15.4 Å². The Labute approximate surface area is 222 Å². The molecule has 37 heavy (non-hydrogen) atoms. The Balaban J connectivity index is 2.01. The molecule has 0 saturated heterocycles. The predicted molar refractivity (Wildman–Crippen MR) is 144 cm³/mol. The Morgan fingerprint density at radius 2 is 1.57 bits per heavy atom. The number of anilines is 1. The minimum absolute atomic E-state index is 0.00489. The van der Waals surface area contributed by atoms with Crippen molar-refractivity contribution < 1.29 is 22.7 Å². The molecule has 8 nitrogen and oxygen atoms in total. The summed E-state index contributed by atoms with van der Waals surface area (Å²) in [5.74, 6) is -0.406. The normalized spacial score (nSPS) is 11.9. The number of nitrogens with zero attached hydrogens (tertiary/aromatic N) is 2. The number of carbonyl (C=O) groups excluding carboxylic acids is 2. The first kappa shape index (κ1) is 28.0. The Kier molecular flexibility index (Phi) is 9.18. The average Bonchev–Trinajstić information content (AvgIpc) is 2.91. The zero-order chi connectivity index (χ0) is 27.2. The maximum absolute atomic E-state index is 13.8. The molecule has 0 bridgehead atoms. The van der Waals surface area contributed by atoms with Gasteiger partial charge in [0.1, 0.15) is 18.3 Å². The van der Waals surface area contributed by atoms with Crippen LogP contribution in [-0.2, 0) is 26.2 Å². The quantitative estimate of drug-likeness (QED) is 0.417. The monoisotopic (exact) mass is 543 g/mol. The summed E-state index contributed by atoms with van der Waals surface area (Å²) in [4.78, 5) is 27.6. The van der Waals surface area contributed by atoms with Crippen molar-refractivity contribution in [3.05, 3.63) is 88.9 Å². The predicted octanol–water partition coefficient (Wildman–Crippen LogP) is 4.02. The smallest absolute Gasteiger partial charge is 0.264 e. The fourth-order valence-corrected chi connectivity index (χ4v) is 5.23. The SMILES string of the molecule is CNC(=O)[C@@H](C)N(Cc1ccc(Cl)cc1)C(=O)CN(c1ccc(C)cc1)S(=O)(=O)c1ccc(OC)cc1. The maximum atomic E-state index is 13.8. The summed E-state index contributed by atoms with van der Waals surface area (Å²) < 4.78 is 33.7. The van der Waals surface area contributed by atoms with Gasteiger partial charge in [0.05, 0.1) is 17.7 Å². The van der Waals surface area contributed by atoms with E-state index in [1.165, 1.54) is 31.2 Å². The largest absolute Gasteiger partial charge is 0.497 e. The van der Waals surface area contributed by atoms with Gasteiger partial charge in [0.2, 0.25) is 11.8 Å². The highest BCUT2D eigenvalue weighted by Crippen LogP contribution is 2.26. The van der Waals surface area contributed by atoms with Crippen LogP contribution in [0.5, 0.6) is 5.75 Å². The van der Waals surface area contributed by atoms with Crippen molar-refractivity contribution in [1.29, 1.82) is 0 Å². The van der Waals surface area contributed by atoms with Crippen LogP contribution in [0.25, 0.3) is 0 Å². The molecule has 1 atom stereocenters. The minimum Gasteiger partial charge on any atom is -0.497 e. The summed E-state index contributed by atoms with van der Waals surface area (Å²) in [7, 11) is -1.17. The van der Waals surface area contributed by atoms with E-state index in [0.29, 0.717) is 16.5 Å². The third kappa shape index (κ3) is 6.81. The number of carbonyl (C=O) groups is 2. The molecule has 0 spiro atoms. The lowest BCUT2D eigenvalue weighted by atomic mass is 10.1. The minimum atomic E-state index is -4.14. The van der Waals surface area contributed by atoms with Gasteiger partial charge in [-0.25, -0.2) is 8.42 Å². The van der Waals surface area contributed by atoms with Crippen molar-refractivity contribution in [2.24, 2.45) is 0 Å². The Morgan fingerprint density at radius 1 is 0.973 bits per heavy atom. The first-order valence-corrected chi connectivity index (χ1v) is 13.4. The summed E-state index contributed by atoms with van der Waals surface area (Å²) in [5, 5.41) is 3.09. The van der Waals surface area contributed by atoms with Crippen molar-refractivity contribution in [2.75, 3.05) is 25.0 Å². The summed E-state index contributed by atoms with van der Waals surface area (Å²) >= 11 is 6.00. The molecule has 0 heterocycles. The number of hydrogen-bond donors (Lipinski definition) is 1. The van der Waals surface area contributed by atoms with Gasteiger partial charge in [0.15, 0.2) is 0 Å². The van der Waals surface area contributed by atoms with Gasteiger partial charge in [-0.1, -0.05) is 41.4 Å². The number of sulfonamides is 1. The number of nitrogens with one attached hydrogen (secondary N) is 1.